The van der Waals surface area contributed by atoms with E-state index in [0.717, 1.165) is 45.1 Å². The predicted octanol–water partition coefficient (Wildman–Crippen LogP) is 5.61. The molecule has 2 aliphatic heterocycles. The predicted molar refractivity (Wildman–Crippen MR) is 163 cm³/mol. The summed E-state index contributed by atoms with van der Waals surface area (Å²) in [6.45, 7) is 6.40. The summed E-state index contributed by atoms with van der Waals surface area (Å²) < 4.78 is 0. The number of aromatic nitrogens is 1. The first-order valence-electron chi connectivity index (χ1n) is 14.2. The Hall–Kier alpha value is -3.04. The van der Waals surface area contributed by atoms with Crippen LogP contribution in [0.25, 0.3) is 0 Å². The number of halogens is 1. The molecule has 0 aliphatic carbocycles. The van der Waals surface area contributed by atoms with Crippen LogP contribution in [0.5, 0.6) is 0 Å². The average Bonchev–Trinajstić information content (AvgIpc) is 2.99. The molecule has 214 valence electrons. The molecule has 5 rings (SSSR count). The van der Waals surface area contributed by atoms with Gasteiger partial charge in [-0.25, -0.2) is 4.98 Å². The number of piperidine rings is 2. The molecule has 40 heavy (non-hydrogen) atoms. The number of likely N-dealkylation sites (tertiary alicyclic amines) is 2. The third-order valence-corrected chi connectivity index (χ3v) is 8.16. The zero-order valence-corrected chi connectivity index (χ0v) is 24.3. The number of nitro groups is 1. The molecule has 2 fully saturated rings. The molecule has 3 heterocycles. The second-order valence-electron chi connectivity index (χ2n) is 10.7. The van der Waals surface area contributed by atoms with E-state index in [1.165, 1.54) is 49.2 Å². The zero-order valence-electron chi connectivity index (χ0n) is 23.6. The van der Waals surface area contributed by atoms with Crippen LogP contribution in [0.4, 0.5) is 11.5 Å². The van der Waals surface area contributed by atoms with Crippen LogP contribution in [-0.2, 0) is 13.1 Å². The van der Waals surface area contributed by atoms with Gasteiger partial charge in [0.15, 0.2) is 0 Å². The summed E-state index contributed by atoms with van der Waals surface area (Å²) in [5.41, 5.74) is 2.74. The van der Waals surface area contributed by atoms with Crippen LogP contribution in [0.15, 0.2) is 72.8 Å². The first-order valence-corrected chi connectivity index (χ1v) is 14.5. The van der Waals surface area contributed by atoms with Crippen LogP contribution in [0.1, 0.15) is 36.8 Å². The van der Waals surface area contributed by atoms with Crippen molar-refractivity contribution < 1.29 is 4.92 Å². The van der Waals surface area contributed by atoms with Gasteiger partial charge in [-0.05, 0) is 63.0 Å². The van der Waals surface area contributed by atoms with Gasteiger partial charge in [0.2, 0.25) is 5.82 Å². The fourth-order valence-electron chi connectivity index (χ4n) is 5.52. The minimum Gasteiger partial charge on any atom is -0.351 e. The number of rotatable bonds is 8. The molecule has 8 nitrogen and oxygen atoms in total. The van der Waals surface area contributed by atoms with Crippen LogP contribution in [-0.4, -0.2) is 72.1 Å². The van der Waals surface area contributed by atoms with Gasteiger partial charge in [0.05, 0.1) is 4.92 Å². The summed E-state index contributed by atoms with van der Waals surface area (Å²) in [6.07, 6.45) is 4.44. The summed E-state index contributed by atoms with van der Waals surface area (Å²) in [5.74, 6) is 0.346. The van der Waals surface area contributed by atoms with E-state index < -0.39 is 4.92 Å². The van der Waals surface area contributed by atoms with Crippen molar-refractivity contribution in [3.05, 3.63) is 99.2 Å². The van der Waals surface area contributed by atoms with Gasteiger partial charge in [0.25, 0.3) is 0 Å². The molecule has 0 amide bonds. The highest BCUT2D eigenvalue weighted by atomic mass is 35.5. The monoisotopic (exact) mass is 564 g/mol. The van der Waals surface area contributed by atoms with Crippen molar-refractivity contribution in [1.29, 1.82) is 0 Å². The third-order valence-electron chi connectivity index (χ3n) is 7.95. The van der Waals surface area contributed by atoms with Crippen molar-refractivity contribution in [3.8, 4) is 0 Å². The highest BCUT2D eigenvalue weighted by molar-refractivity contribution is 6.29. The highest BCUT2D eigenvalue weighted by Crippen LogP contribution is 2.30. The van der Waals surface area contributed by atoms with Crippen molar-refractivity contribution in [3.63, 3.8) is 0 Å². The van der Waals surface area contributed by atoms with E-state index in [1.54, 1.807) is 0 Å². The lowest BCUT2D eigenvalue weighted by Gasteiger charge is -2.37. The molecule has 2 aromatic carbocycles. The van der Waals surface area contributed by atoms with Crippen LogP contribution in [0.2, 0.25) is 5.15 Å². The Morgan fingerprint density at radius 1 is 0.875 bits per heavy atom. The van der Waals surface area contributed by atoms with E-state index in [1.807, 2.05) is 18.0 Å². The number of pyridine rings is 1. The molecule has 0 atom stereocenters. The smallest absolute Gasteiger partial charge is 0.311 e. The van der Waals surface area contributed by atoms with Gasteiger partial charge in [-0.15, -0.1) is 0 Å². The molecule has 2 saturated heterocycles. The Balaban J connectivity index is 0.000000210. The molecule has 0 unspecified atom stereocenters. The van der Waals surface area contributed by atoms with E-state index in [0.29, 0.717) is 5.82 Å². The Labute approximate surface area is 243 Å². The normalized spacial score (nSPS) is 17.2. The standard InChI is InChI=1S/C18H21ClN4O2.C13H20N2/c1-21(18-16(23(24)25)7-8-17(19)20-18)15-9-11-22(12-10-15)13-14-5-3-2-4-6-14;1-14-13-7-9-15(10-8-13)11-12-5-3-2-4-6-12/h2-8,15H,9-13H2,1H3;2-6,13-14H,7-11H2,1H3. The molecular formula is C31H41ClN6O2. The molecule has 1 aromatic heterocycles. The SMILES string of the molecule is CN(c1nc(Cl)ccc1[N+](=O)[O-])C1CCN(Cc2ccccc2)CC1.CNC1CCN(Cc2ccccc2)CC1. The van der Waals surface area contributed by atoms with Crippen LogP contribution in [0, 0.1) is 10.1 Å². The molecule has 0 saturated carbocycles. The lowest BCUT2D eigenvalue weighted by Crippen LogP contribution is -2.43. The Morgan fingerprint density at radius 2 is 1.38 bits per heavy atom. The van der Waals surface area contributed by atoms with Crippen LogP contribution >= 0.6 is 11.6 Å². The van der Waals surface area contributed by atoms with Gasteiger partial charge in [0, 0.05) is 51.4 Å². The van der Waals surface area contributed by atoms with Gasteiger partial charge in [-0.3, -0.25) is 19.9 Å². The van der Waals surface area contributed by atoms with E-state index in [2.05, 4.69) is 81.7 Å². The molecule has 2 aliphatic rings. The fourth-order valence-corrected chi connectivity index (χ4v) is 5.66. The molecule has 0 bridgehead atoms. The largest absolute Gasteiger partial charge is 0.351 e. The summed E-state index contributed by atoms with van der Waals surface area (Å²) in [5, 5.41) is 14.9. The number of hydrogen-bond acceptors (Lipinski definition) is 7. The van der Waals surface area contributed by atoms with Gasteiger partial charge >= 0.3 is 5.69 Å². The lowest BCUT2D eigenvalue weighted by molar-refractivity contribution is -0.384. The minimum absolute atomic E-state index is 0.00128. The van der Waals surface area contributed by atoms with E-state index in [4.69, 9.17) is 11.6 Å². The maximum absolute atomic E-state index is 11.3. The first kappa shape index (κ1) is 29.9. The van der Waals surface area contributed by atoms with E-state index >= 15 is 0 Å². The number of nitrogens with one attached hydrogen (secondary N) is 1. The van der Waals surface area contributed by atoms with Crippen molar-refractivity contribution in [2.45, 2.75) is 50.9 Å². The molecule has 3 aromatic rings. The summed E-state index contributed by atoms with van der Waals surface area (Å²) in [7, 11) is 3.93. The summed E-state index contributed by atoms with van der Waals surface area (Å²) in [6, 6.07) is 25.0. The van der Waals surface area contributed by atoms with E-state index in [9.17, 15) is 10.1 Å². The van der Waals surface area contributed by atoms with E-state index in [-0.39, 0.29) is 16.9 Å². The zero-order chi connectivity index (χ0) is 28.3. The third kappa shape index (κ3) is 8.73. The van der Waals surface area contributed by atoms with Crippen LogP contribution in [0.3, 0.4) is 0 Å². The van der Waals surface area contributed by atoms with Gasteiger partial charge in [0.1, 0.15) is 5.15 Å². The van der Waals surface area contributed by atoms with Crippen molar-refractivity contribution in [2.75, 3.05) is 45.2 Å². The highest BCUT2D eigenvalue weighted by Gasteiger charge is 2.28. The number of hydrogen-bond donors (Lipinski definition) is 1. The fraction of sp³-hybridized carbons (Fsp3) is 0.452. The first-order chi connectivity index (χ1) is 19.4. The molecule has 0 radical (unpaired) electrons. The van der Waals surface area contributed by atoms with Crippen molar-refractivity contribution >= 4 is 23.1 Å². The van der Waals surface area contributed by atoms with Gasteiger partial charge in [-0.1, -0.05) is 72.3 Å². The number of anilines is 1. The minimum atomic E-state index is -0.403. The Morgan fingerprint density at radius 3 is 1.85 bits per heavy atom. The van der Waals surface area contributed by atoms with Gasteiger partial charge in [-0.2, -0.15) is 0 Å². The Kier molecular flexibility index (Phi) is 11.3. The maximum Gasteiger partial charge on any atom is 0.311 e. The average molecular weight is 565 g/mol. The quantitative estimate of drug-likeness (QED) is 0.216. The number of nitrogens with zero attached hydrogens (tertiary/aromatic N) is 5. The molecule has 9 heteroatoms. The lowest BCUT2D eigenvalue weighted by atomic mass is 10.0. The summed E-state index contributed by atoms with van der Waals surface area (Å²) >= 11 is 5.95. The maximum atomic E-state index is 11.3. The van der Waals surface area contributed by atoms with Crippen molar-refractivity contribution in [1.82, 2.24) is 20.1 Å². The number of benzene rings is 2. The second kappa shape index (κ2) is 15.1. The topological polar surface area (TPSA) is 77.8 Å². The van der Waals surface area contributed by atoms with Crippen LogP contribution < -0.4 is 10.2 Å². The molecule has 1 N–H and O–H groups in total. The van der Waals surface area contributed by atoms with Crippen molar-refractivity contribution in [2.24, 2.45) is 0 Å². The Bertz CT molecular complexity index is 1180. The van der Waals surface area contributed by atoms with Gasteiger partial charge < -0.3 is 10.2 Å². The summed E-state index contributed by atoms with van der Waals surface area (Å²) in [4.78, 5) is 21.9. The second-order valence-corrected chi connectivity index (χ2v) is 11.0. The molecule has 0 spiro atoms. The molecular weight excluding hydrogens is 524 g/mol.